The molecular formula is C19H21N3. The first-order valence-corrected chi connectivity index (χ1v) is 7.63. The molecule has 1 heterocycles. The lowest BCUT2D eigenvalue weighted by Crippen LogP contribution is -1.96. The number of nitrogens with zero attached hydrogens (tertiary/aromatic N) is 2. The second-order valence-corrected chi connectivity index (χ2v) is 5.76. The van der Waals surface area contributed by atoms with Gasteiger partial charge in [-0.2, -0.15) is 5.10 Å². The Morgan fingerprint density at radius 1 is 1.00 bits per heavy atom. The molecule has 3 rings (SSSR count). The van der Waals surface area contributed by atoms with E-state index >= 15 is 0 Å². The molecule has 0 saturated carbocycles. The second-order valence-electron chi connectivity index (χ2n) is 5.76. The summed E-state index contributed by atoms with van der Waals surface area (Å²) in [5.74, 6) is 0.532. The van der Waals surface area contributed by atoms with Crippen molar-refractivity contribution in [1.82, 2.24) is 9.78 Å². The van der Waals surface area contributed by atoms with Gasteiger partial charge in [0, 0.05) is 23.9 Å². The van der Waals surface area contributed by atoms with Crippen molar-refractivity contribution in [2.24, 2.45) is 5.73 Å². The highest BCUT2D eigenvalue weighted by Gasteiger charge is 2.11. The largest absolute Gasteiger partial charge is 0.326 e. The zero-order valence-electron chi connectivity index (χ0n) is 13.0. The molecule has 0 aliphatic rings. The fraction of sp³-hybridized carbons (Fsp3) is 0.211. The van der Waals surface area contributed by atoms with E-state index in [1.54, 1.807) is 0 Å². The Bertz CT molecular complexity index is 740. The standard InChI is InChI=1S/C19H21N3/c1-14(2)15-8-10-16(11-9-15)19-17(12-20)13-22(21-19)18-6-4-3-5-7-18/h3-11,13-14H,12,20H2,1-2H3. The molecule has 0 bridgehead atoms. The molecule has 0 saturated heterocycles. The predicted molar refractivity (Wildman–Crippen MR) is 91.0 cm³/mol. The van der Waals surface area contributed by atoms with Crippen LogP contribution in [0.2, 0.25) is 0 Å². The summed E-state index contributed by atoms with van der Waals surface area (Å²) in [6.07, 6.45) is 2.01. The smallest absolute Gasteiger partial charge is 0.0972 e. The minimum atomic E-state index is 0.480. The minimum absolute atomic E-state index is 0.480. The van der Waals surface area contributed by atoms with Crippen LogP contribution in [0, 0.1) is 0 Å². The lowest BCUT2D eigenvalue weighted by molar-refractivity contribution is 0.866. The van der Waals surface area contributed by atoms with Crippen molar-refractivity contribution in [2.45, 2.75) is 26.3 Å². The Kier molecular flexibility index (Phi) is 4.07. The molecule has 0 amide bonds. The molecule has 0 spiro atoms. The number of nitrogens with two attached hydrogens (primary N) is 1. The quantitative estimate of drug-likeness (QED) is 0.785. The van der Waals surface area contributed by atoms with Crippen LogP contribution < -0.4 is 5.73 Å². The Morgan fingerprint density at radius 2 is 1.68 bits per heavy atom. The summed E-state index contributed by atoms with van der Waals surface area (Å²) >= 11 is 0. The number of rotatable bonds is 4. The molecule has 0 aliphatic carbocycles. The molecule has 112 valence electrons. The number of hydrogen-bond acceptors (Lipinski definition) is 2. The van der Waals surface area contributed by atoms with Gasteiger partial charge in [0.05, 0.1) is 11.4 Å². The molecule has 3 aromatic rings. The Morgan fingerprint density at radius 3 is 2.27 bits per heavy atom. The van der Waals surface area contributed by atoms with Crippen LogP contribution in [0.5, 0.6) is 0 Å². The lowest BCUT2D eigenvalue weighted by Gasteiger charge is -2.06. The second kappa shape index (κ2) is 6.16. The van der Waals surface area contributed by atoms with Gasteiger partial charge in [-0.15, -0.1) is 0 Å². The average Bonchev–Trinajstić information content (AvgIpc) is 3.00. The summed E-state index contributed by atoms with van der Waals surface area (Å²) < 4.78 is 1.90. The van der Waals surface area contributed by atoms with Crippen LogP contribution in [-0.4, -0.2) is 9.78 Å². The predicted octanol–water partition coefficient (Wildman–Crippen LogP) is 4.12. The van der Waals surface area contributed by atoms with Crippen molar-refractivity contribution >= 4 is 0 Å². The number of para-hydroxylation sites is 1. The molecule has 1 aromatic heterocycles. The van der Waals surface area contributed by atoms with Gasteiger partial charge in [0.1, 0.15) is 0 Å². The molecule has 22 heavy (non-hydrogen) atoms. The van der Waals surface area contributed by atoms with Crippen LogP contribution in [0.25, 0.3) is 16.9 Å². The molecule has 0 atom stereocenters. The molecule has 0 aliphatic heterocycles. The third-order valence-electron chi connectivity index (χ3n) is 3.88. The number of hydrogen-bond donors (Lipinski definition) is 1. The number of benzene rings is 2. The van der Waals surface area contributed by atoms with Crippen molar-refractivity contribution in [3.63, 3.8) is 0 Å². The fourth-order valence-corrected chi connectivity index (χ4v) is 2.54. The Hall–Kier alpha value is -2.39. The zero-order chi connectivity index (χ0) is 15.5. The normalized spacial score (nSPS) is 11.1. The minimum Gasteiger partial charge on any atom is -0.326 e. The van der Waals surface area contributed by atoms with Crippen molar-refractivity contribution < 1.29 is 0 Å². The topological polar surface area (TPSA) is 43.8 Å². The van der Waals surface area contributed by atoms with E-state index in [1.807, 2.05) is 41.2 Å². The summed E-state index contributed by atoms with van der Waals surface area (Å²) in [5, 5.41) is 4.73. The highest BCUT2D eigenvalue weighted by atomic mass is 15.3. The molecular weight excluding hydrogens is 270 g/mol. The summed E-state index contributed by atoms with van der Waals surface area (Å²) in [6, 6.07) is 18.7. The highest BCUT2D eigenvalue weighted by Crippen LogP contribution is 2.25. The summed E-state index contributed by atoms with van der Waals surface area (Å²) in [5.41, 5.74) is 11.4. The fourth-order valence-electron chi connectivity index (χ4n) is 2.54. The molecule has 0 unspecified atom stereocenters. The van der Waals surface area contributed by atoms with Crippen molar-refractivity contribution in [3.05, 3.63) is 71.9 Å². The van der Waals surface area contributed by atoms with Crippen LogP contribution in [0.15, 0.2) is 60.8 Å². The molecule has 3 heteroatoms. The van der Waals surface area contributed by atoms with Gasteiger partial charge in [0.2, 0.25) is 0 Å². The molecule has 3 nitrogen and oxygen atoms in total. The van der Waals surface area contributed by atoms with E-state index in [4.69, 9.17) is 10.8 Å². The molecule has 0 fully saturated rings. The lowest BCUT2D eigenvalue weighted by atomic mass is 10.00. The Balaban J connectivity index is 2.01. The van der Waals surface area contributed by atoms with Crippen molar-refractivity contribution in [1.29, 1.82) is 0 Å². The SMILES string of the molecule is CC(C)c1ccc(-c2nn(-c3ccccc3)cc2CN)cc1. The van der Waals surface area contributed by atoms with E-state index in [-0.39, 0.29) is 0 Å². The zero-order valence-corrected chi connectivity index (χ0v) is 13.0. The van der Waals surface area contributed by atoms with Gasteiger partial charge in [-0.05, 0) is 23.6 Å². The van der Waals surface area contributed by atoms with E-state index < -0.39 is 0 Å². The van der Waals surface area contributed by atoms with Crippen LogP contribution in [-0.2, 0) is 6.54 Å². The highest BCUT2D eigenvalue weighted by molar-refractivity contribution is 5.63. The van der Waals surface area contributed by atoms with Crippen LogP contribution in [0.4, 0.5) is 0 Å². The number of aromatic nitrogens is 2. The van der Waals surface area contributed by atoms with Gasteiger partial charge >= 0.3 is 0 Å². The third-order valence-corrected chi connectivity index (χ3v) is 3.88. The van der Waals surface area contributed by atoms with Crippen LogP contribution in [0.3, 0.4) is 0 Å². The first kappa shape index (κ1) is 14.5. The average molecular weight is 291 g/mol. The van der Waals surface area contributed by atoms with E-state index in [0.29, 0.717) is 12.5 Å². The van der Waals surface area contributed by atoms with Gasteiger partial charge in [-0.25, -0.2) is 4.68 Å². The summed E-state index contributed by atoms with van der Waals surface area (Å²) in [6.45, 7) is 4.88. The van der Waals surface area contributed by atoms with Crippen molar-refractivity contribution in [2.75, 3.05) is 0 Å². The van der Waals surface area contributed by atoms with Gasteiger partial charge in [0.25, 0.3) is 0 Å². The van der Waals surface area contributed by atoms with Gasteiger partial charge in [-0.1, -0.05) is 56.3 Å². The first-order valence-electron chi connectivity index (χ1n) is 7.63. The van der Waals surface area contributed by atoms with E-state index in [1.165, 1.54) is 5.56 Å². The molecule has 2 N–H and O–H groups in total. The monoisotopic (exact) mass is 291 g/mol. The van der Waals surface area contributed by atoms with Gasteiger partial charge in [-0.3, -0.25) is 0 Å². The van der Waals surface area contributed by atoms with Gasteiger partial charge < -0.3 is 5.73 Å². The maximum absolute atomic E-state index is 5.90. The summed E-state index contributed by atoms with van der Waals surface area (Å²) in [7, 11) is 0. The van der Waals surface area contributed by atoms with Crippen LogP contribution in [0.1, 0.15) is 30.9 Å². The third kappa shape index (κ3) is 2.81. The van der Waals surface area contributed by atoms with E-state index in [2.05, 4.69) is 38.1 Å². The summed E-state index contributed by atoms with van der Waals surface area (Å²) in [4.78, 5) is 0. The van der Waals surface area contributed by atoms with E-state index in [0.717, 1.165) is 22.5 Å². The maximum atomic E-state index is 5.90. The Labute approximate surface area is 131 Å². The maximum Gasteiger partial charge on any atom is 0.0972 e. The molecule has 0 radical (unpaired) electrons. The molecule has 2 aromatic carbocycles. The van der Waals surface area contributed by atoms with E-state index in [9.17, 15) is 0 Å². The van der Waals surface area contributed by atoms with Crippen molar-refractivity contribution in [3.8, 4) is 16.9 Å². The van der Waals surface area contributed by atoms with Crippen LogP contribution >= 0.6 is 0 Å². The van der Waals surface area contributed by atoms with Gasteiger partial charge in [0.15, 0.2) is 0 Å². The first-order chi connectivity index (χ1) is 10.7.